The van der Waals surface area contributed by atoms with Gasteiger partial charge >= 0.3 is 0 Å². The van der Waals surface area contributed by atoms with Crippen LogP contribution in [0.3, 0.4) is 0 Å². The summed E-state index contributed by atoms with van der Waals surface area (Å²) in [5, 5.41) is 4.54. The maximum atomic E-state index is 6.48. The van der Waals surface area contributed by atoms with E-state index in [4.69, 9.17) is 13.8 Å². The highest BCUT2D eigenvalue weighted by Gasteiger charge is 2.37. The maximum absolute atomic E-state index is 6.48. The summed E-state index contributed by atoms with van der Waals surface area (Å²) in [4.78, 5) is 7.59. The van der Waals surface area contributed by atoms with Gasteiger partial charge in [-0.15, -0.1) is 0 Å². The lowest BCUT2D eigenvalue weighted by Crippen LogP contribution is -2.16. The number of furan rings is 1. The number of rotatable bonds is 6. The smallest absolute Gasteiger partial charge is 0.227 e. The summed E-state index contributed by atoms with van der Waals surface area (Å²) >= 11 is 0. The van der Waals surface area contributed by atoms with Gasteiger partial charge in [0, 0.05) is 50.3 Å². The number of benzene rings is 9. The fourth-order valence-electron chi connectivity index (χ4n) is 9.57. The minimum Gasteiger partial charge on any atom is -0.456 e. The summed E-state index contributed by atoms with van der Waals surface area (Å²) in [6.45, 7) is 4.68. The largest absolute Gasteiger partial charge is 0.456 e. The van der Waals surface area contributed by atoms with Crippen LogP contribution in [0.5, 0.6) is 0 Å². The summed E-state index contributed by atoms with van der Waals surface area (Å²) < 4.78 is 13.0. The summed E-state index contributed by atoms with van der Waals surface area (Å²) in [5.74, 6) is 0.582. The predicted octanol–water partition coefficient (Wildman–Crippen LogP) is 15.7. The van der Waals surface area contributed by atoms with Gasteiger partial charge < -0.3 is 13.7 Å². The first-order valence-corrected chi connectivity index (χ1v) is 20.5. The normalized spacial score (nSPS) is 13.0. The Hall–Kier alpha value is -7.69. The Labute approximate surface area is 347 Å². The molecule has 1 aliphatic rings. The highest BCUT2D eigenvalue weighted by atomic mass is 16.4. The van der Waals surface area contributed by atoms with Gasteiger partial charge in [-0.3, -0.25) is 0 Å². The molecule has 4 heteroatoms. The lowest BCUT2D eigenvalue weighted by molar-refractivity contribution is 0.617. The number of aromatic nitrogens is 1. The van der Waals surface area contributed by atoms with E-state index in [0.717, 1.165) is 66.8 Å². The summed E-state index contributed by atoms with van der Waals surface area (Å²) in [7, 11) is 0. The van der Waals surface area contributed by atoms with Crippen molar-refractivity contribution < 1.29 is 8.83 Å². The van der Waals surface area contributed by atoms with Crippen molar-refractivity contribution in [1.29, 1.82) is 0 Å². The molecule has 0 fully saturated rings. The fourth-order valence-corrected chi connectivity index (χ4v) is 9.57. The molecule has 4 nitrogen and oxygen atoms in total. The number of para-hydroxylation sites is 1. The molecule has 0 N–H and O–H groups in total. The highest BCUT2D eigenvalue weighted by molar-refractivity contribution is 6.19. The van der Waals surface area contributed by atoms with Gasteiger partial charge in [0.05, 0.1) is 5.69 Å². The quantitative estimate of drug-likeness (QED) is 0.169. The minimum atomic E-state index is -0.141. The molecule has 60 heavy (non-hydrogen) atoms. The number of hydrogen-bond acceptors (Lipinski definition) is 4. The molecule has 0 aliphatic heterocycles. The van der Waals surface area contributed by atoms with Crippen molar-refractivity contribution in [3.05, 3.63) is 205 Å². The van der Waals surface area contributed by atoms with Crippen molar-refractivity contribution in [2.24, 2.45) is 0 Å². The molecule has 1 aliphatic carbocycles. The molecule has 0 bridgehead atoms. The zero-order valence-electron chi connectivity index (χ0n) is 33.2. The van der Waals surface area contributed by atoms with Crippen LogP contribution in [0.4, 0.5) is 17.1 Å². The molecule has 2 heterocycles. The molecular formula is C56H38N2O2. The summed E-state index contributed by atoms with van der Waals surface area (Å²) in [5.41, 5.74) is 16.8. The second-order valence-corrected chi connectivity index (χ2v) is 16.3. The standard InChI is InChI=1S/C56H38N2O2/c1-56(2)45-22-10-8-20-43(45)52-46(56)23-13-24-47(52)58(42-19-12-18-39(33-42)40-27-26-35-14-6-7-17-38(35)32-40)41-30-28-36(29-31-41)51-53-44-21-9-11-25-48(44)59-49(53)34-50-54(51)57-55(60-50)37-15-4-3-5-16-37/h3-34H,1-2H3. The van der Waals surface area contributed by atoms with Gasteiger partial charge in [-0.25, -0.2) is 4.98 Å². The first kappa shape index (κ1) is 34.4. The monoisotopic (exact) mass is 770 g/mol. The van der Waals surface area contributed by atoms with Crippen molar-refractivity contribution in [2.45, 2.75) is 19.3 Å². The van der Waals surface area contributed by atoms with Crippen LogP contribution < -0.4 is 4.90 Å². The number of hydrogen-bond donors (Lipinski definition) is 0. The van der Waals surface area contributed by atoms with E-state index in [-0.39, 0.29) is 5.41 Å². The molecule has 0 radical (unpaired) electrons. The third-order valence-corrected chi connectivity index (χ3v) is 12.5. The van der Waals surface area contributed by atoms with Crippen molar-refractivity contribution in [2.75, 3.05) is 4.90 Å². The van der Waals surface area contributed by atoms with Crippen LogP contribution in [-0.2, 0) is 5.41 Å². The van der Waals surface area contributed by atoms with Crippen LogP contribution in [0.25, 0.3) is 88.6 Å². The lowest BCUT2D eigenvalue weighted by Gasteiger charge is -2.29. The Kier molecular flexibility index (Phi) is 7.54. The van der Waals surface area contributed by atoms with Gasteiger partial charge in [-0.05, 0) is 98.8 Å². The van der Waals surface area contributed by atoms with Crippen molar-refractivity contribution in [1.82, 2.24) is 4.98 Å². The van der Waals surface area contributed by atoms with Gasteiger partial charge in [0.2, 0.25) is 5.89 Å². The van der Waals surface area contributed by atoms with E-state index < -0.39 is 0 Å². The van der Waals surface area contributed by atoms with E-state index in [1.165, 1.54) is 38.6 Å². The molecule has 0 spiro atoms. The molecule has 9 aromatic carbocycles. The predicted molar refractivity (Wildman–Crippen MR) is 247 cm³/mol. The topological polar surface area (TPSA) is 42.4 Å². The van der Waals surface area contributed by atoms with E-state index in [1.807, 2.05) is 48.5 Å². The van der Waals surface area contributed by atoms with Crippen molar-refractivity contribution in [3.63, 3.8) is 0 Å². The van der Waals surface area contributed by atoms with Gasteiger partial charge in [0.25, 0.3) is 0 Å². The molecule has 0 amide bonds. The third kappa shape index (κ3) is 5.27. The molecule has 0 atom stereocenters. The molecule has 12 rings (SSSR count). The maximum Gasteiger partial charge on any atom is 0.227 e. The number of oxazole rings is 1. The van der Waals surface area contributed by atoms with Gasteiger partial charge in [0.1, 0.15) is 16.7 Å². The Morgan fingerprint density at radius 2 is 1.15 bits per heavy atom. The lowest BCUT2D eigenvalue weighted by atomic mass is 9.82. The molecule has 284 valence electrons. The molecule has 11 aromatic rings. The average Bonchev–Trinajstić information content (AvgIpc) is 3.96. The summed E-state index contributed by atoms with van der Waals surface area (Å²) in [6, 6.07) is 69.1. The van der Waals surface area contributed by atoms with E-state index >= 15 is 0 Å². The van der Waals surface area contributed by atoms with Crippen LogP contribution in [-0.4, -0.2) is 4.98 Å². The Balaban J connectivity index is 1.07. The SMILES string of the molecule is CC1(C)c2ccccc2-c2c(N(c3ccc(-c4c5nc(-c6ccccc6)oc5cc5oc6ccccc6c45)cc3)c3cccc(-c4ccc5ccccc5c4)c3)cccc21. The first-order chi connectivity index (χ1) is 29.5. The van der Waals surface area contributed by atoms with E-state index in [1.54, 1.807) is 0 Å². The van der Waals surface area contributed by atoms with Crippen molar-refractivity contribution in [3.8, 4) is 44.8 Å². The second kappa shape index (κ2) is 13.2. The van der Waals surface area contributed by atoms with Gasteiger partial charge in [0.15, 0.2) is 5.58 Å². The Morgan fingerprint density at radius 1 is 0.450 bits per heavy atom. The number of anilines is 3. The Bertz CT molecular complexity index is 3460. The molecular weight excluding hydrogens is 733 g/mol. The molecule has 0 saturated carbocycles. The first-order valence-electron chi connectivity index (χ1n) is 20.5. The van der Waals surface area contributed by atoms with Crippen molar-refractivity contribution >= 4 is 60.9 Å². The highest BCUT2D eigenvalue weighted by Crippen LogP contribution is 2.54. The Morgan fingerprint density at radius 3 is 2.03 bits per heavy atom. The van der Waals surface area contributed by atoms with Crippen LogP contribution >= 0.6 is 0 Å². The summed E-state index contributed by atoms with van der Waals surface area (Å²) in [6.07, 6.45) is 0. The van der Waals surface area contributed by atoms with Gasteiger partial charge in [-0.1, -0.05) is 147 Å². The zero-order valence-corrected chi connectivity index (χ0v) is 33.2. The van der Waals surface area contributed by atoms with Gasteiger partial charge in [-0.2, -0.15) is 0 Å². The zero-order chi connectivity index (χ0) is 40.0. The minimum absolute atomic E-state index is 0.141. The van der Waals surface area contributed by atoms with Crippen LogP contribution in [0.1, 0.15) is 25.0 Å². The second-order valence-electron chi connectivity index (χ2n) is 16.3. The van der Waals surface area contributed by atoms with E-state index in [2.05, 4.69) is 164 Å². The van der Waals surface area contributed by atoms with E-state index in [0.29, 0.717) is 11.5 Å². The average molecular weight is 771 g/mol. The van der Waals surface area contributed by atoms with Crippen LogP contribution in [0.15, 0.2) is 203 Å². The molecule has 0 unspecified atom stereocenters. The molecule has 0 saturated heterocycles. The van der Waals surface area contributed by atoms with Crippen LogP contribution in [0.2, 0.25) is 0 Å². The number of fused-ring (bicyclic) bond motifs is 8. The van der Waals surface area contributed by atoms with Crippen LogP contribution in [0, 0.1) is 0 Å². The number of nitrogens with zero attached hydrogens (tertiary/aromatic N) is 2. The fraction of sp³-hybridized carbons (Fsp3) is 0.0536. The van der Waals surface area contributed by atoms with E-state index in [9.17, 15) is 0 Å². The molecule has 2 aromatic heterocycles. The third-order valence-electron chi connectivity index (χ3n) is 12.5.